The van der Waals surface area contributed by atoms with Gasteiger partial charge >= 0.3 is 5.97 Å². The predicted molar refractivity (Wildman–Crippen MR) is 117 cm³/mol. The molecule has 0 saturated heterocycles. The fraction of sp³-hybridized carbons (Fsp3) is 0.240. The molecule has 0 aromatic heterocycles. The predicted octanol–water partition coefficient (Wildman–Crippen LogP) is 4.45. The first kappa shape index (κ1) is 21.4. The first-order valence-electron chi connectivity index (χ1n) is 10.1. The standard InChI is InChI=1S/C25H27NO4/c27-25(28)14-16-26-18-21-8-12-23(13-9-21)29-17-15-20-6-10-24(11-7-20)30-19-22-4-2-1-3-5-22/h1-13,26H,14-19H2,(H,27,28). The highest BCUT2D eigenvalue weighted by Gasteiger charge is 2.00. The SMILES string of the molecule is O=C(O)CCNCc1ccc(OCCc2ccc(OCc3ccccc3)cc2)cc1. The number of aliphatic carboxylic acids is 1. The Balaban J connectivity index is 1.36. The van der Waals surface area contributed by atoms with Crippen molar-refractivity contribution < 1.29 is 19.4 Å². The summed E-state index contributed by atoms with van der Waals surface area (Å²) < 4.78 is 11.6. The molecule has 0 spiro atoms. The van der Waals surface area contributed by atoms with Gasteiger partial charge in [0.05, 0.1) is 13.0 Å². The zero-order valence-electron chi connectivity index (χ0n) is 16.9. The van der Waals surface area contributed by atoms with Crippen LogP contribution in [-0.2, 0) is 24.4 Å². The van der Waals surface area contributed by atoms with Gasteiger partial charge in [-0.2, -0.15) is 0 Å². The lowest BCUT2D eigenvalue weighted by molar-refractivity contribution is -0.136. The second-order valence-electron chi connectivity index (χ2n) is 6.98. The van der Waals surface area contributed by atoms with Crippen molar-refractivity contribution in [2.75, 3.05) is 13.2 Å². The number of benzene rings is 3. The summed E-state index contributed by atoms with van der Waals surface area (Å²) in [5.41, 5.74) is 3.44. The van der Waals surface area contributed by atoms with E-state index < -0.39 is 5.97 Å². The highest BCUT2D eigenvalue weighted by Crippen LogP contribution is 2.16. The Hall–Kier alpha value is -3.31. The molecule has 5 nitrogen and oxygen atoms in total. The van der Waals surface area contributed by atoms with Crippen LogP contribution < -0.4 is 14.8 Å². The van der Waals surface area contributed by atoms with Gasteiger partial charge in [0.2, 0.25) is 0 Å². The summed E-state index contributed by atoms with van der Waals surface area (Å²) in [5, 5.41) is 11.7. The molecule has 3 aromatic rings. The summed E-state index contributed by atoms with van der Waals surface area (Å²) in [5.74, 6) is 0.892. The number of nitrogens with one attached hydrogen (secondary N) is 1. The summed E-state index contributed by atoms with van der Waals surface area (Å²) in [6, 6.07) is 26.1. The van der Waals surface area contributed by atoms with Crippen molar-refractivity contribution in [3.8, 4) is 11.5 Å². The van der Waals surface area contributed by atoms with E-state index in [2.05, 4.69) is 17.4 Å². The lowest BCUT2D eigenvalue weighted by atomic mass is 10.1. The van der Waals surface area contributed by atoms with Gasteiger partial charge in [-0.1, -0.05) is 54.6 Å². The van der Waals surface area contributed by atoms with Gasteiger partial charge in [-0.3, -0.25) is 4.79 Å². The number of hydrogen-bond donors (Lipinski definition) is 2. The normalized spacial score (nSPS) is 10.5. The quantitative estimate of drug-likeness (QED) is 0.436. The van der Waals surface area contributed by atoms with Crippen LogP contribution in [0, 0.1) is 0 Å². The van der Waals surface area contributed by atoms with Crippen molar-refractivity contribution in [1.82, 2.24) is 5.32 Å². The Labute approximate surface area is 177 Å². The number of ether oxygens (including phenoxy) is 2. The summed E-state index contributed by atoms with van der Waals surface area (Å²) in [4.78, 5) is 10.5. The molecule has 0 aliphatic carbocycles. The Morgan fingerprint density at radius 2 is 1.40 bits per heavy atom. The van der Waals surface area contributed by atoms with Gasteiger partial charge in [-0.05, 0) is 41.0 Å². The Kier molecular flexibility index (Phi) is 8.30. The van der Waals surface area contributed by atoms with E-state index in [1.54, 1.807) is 0 Å². The maximum Gasteiger partial charge on any atom is 0.304 e. The molecule has 0 heterocycles. The van der Waals surface area contributed by atoms with E-state index in [-0.39, 0.29) is 6.42 Å². The Morgan fingerprint density at radius 1 is 0.767 bits per heavy atom. The number of carboxylic acids is 1. The molecule has 0 bridgehead atoms. The van der Waals surface area contributed by atoms with E-state index in [0.717, 1.165) is 29.0 Å². The lowest BCUT2D eigenvalue weighted by Crippen LogP contribution is -2.17. The second kappa shape index (κ2) is 11.6. The summed E-state index contributed by atoms with van der Waals surface area (Å²) in [6.07, 6.45) is 0.943. The number of carboxylic acid groups (broad SMARTS) is 1. The van der Waals surface area contributed by atoms with Crippen molar-refractivity contribution in [1.29, 1.82) is 0 Å². The van der Waals surface area contributed by atoms with Crippen LogP contribution in [-0.4, -0.2) is 24.2 Å². The molecule has 0 saturated carbocycles. The second-order valence-corrected chi connectivity index (χ2v) is 6.98. The molecule has 0 aliphatic heterocycles. The summed E-state index contributed by atoms with van der Waals surface area (Å²) in [7, 11) is 0. The molecular weight excluding hydrogens is 378 g/mol. The third-order valence-corrected chi connectivity index (χ3v) is 4.60. The van der Waals surface area contributed by atoms with Gasteiger partial charge in [0.1, 0.15) is 18.1 Å². The molecule has 30 heavy (non-hydrogen) atoms. The molecule has 5 heteroatoms. The molecule has 0 aliphatic rings. The van der Waals surface area contributed by atoms with E-state index in [1.807, 2.05) is 66.7 Å². The number of rotatable bonds is 12. The van der Waals surface area contributed by atoms with Crippen molar-refractivity contribution in [3.63, 3.8) is 0 Å². The minimum atomic E-state index is -0.791. The van der Waals surface area contributed by atoms with Gasteiger partial charge in [0, 0.05) is 19.5 Å². The van der Waals surface area contributed by atoms with Crippen LogP contribution in [0.25, 0.3) is 0 Å². The lowest BCUT2D eigenvalue weighted by Gasteiger charge is -2.09. The fourth-order valence-electron chi connectivity index (χ4n) is 2.91. The molecule has 2 N–H and O–H groups in total. The summed E-state index contributed by atoms with van der Waals surface area (Å²) >= 11 is 0. The van der Waals surface area contributed by atoms with Gasteiger partial charge in [0.25, 0.3) is 0 Å². The van der Waals surface area contributed by atoms with Crippen LogP contribution in [0.2, 0.25) is 0 Å². The Morgan fingerprint density at radius 3 is 2.07 bits per heavy atom. The smallest absolute Gasteiger partial charge is 0.304 e. The largest absolute Gasteiger partial charge is 0.493 e. The van der Waals surface area contributed by atoms with Crippen molar-refractivity contribution in [2.45, 2.75) is 26.0 Å². The zero-order chi connectivity index (χ0) is 21.0. The molecular formula is C25H27NO4. The van der Waals surface area contributed by atoms with Crippen molar-refractivity contribution in [3.05, 3.63) is 95.6 Å². The third-order valence-electron chi connectivity index (χ3n) is 4.60. The Bertz CT molecular complexity index is 893. The van der Waals surface area contributed by atoms with E-state index >= 15 is 0 Å². The van der Waals surface area contributed by atoms with Crippen LogP contribution in [0.3, 0.4) is 0 Å². The molecule has 0 unspecified atom stereocenters. The van der Waals surface area contributed by atoms with Crippen LogP contribution in [0.15, 0.2) is 78.9 Å². The highest BCUT2D eigenvalue weighted by molar-refractivity contribution is 5.66. The molecule has 3 aromatic carbocycles. The topological polar surface area (TPSA) is 67.8 Å². The zero-order valence-corrected chi connectivity index (χ0v) is 16.9. The highest BCUT2D eigenvalue weighted by atomic mass is 16.5. The first-order chi connectivity index (χ1) is 14.7. The monoisotopic (exact) mass is 405 g/mol. The van der Waals surface area contributed by atoms with Crippen LogP contribution in [0.4, 0.5) is 0 Å². The van der Waals surface area contributed by atoms with E-state index in [9.17, 15) is 4.79 Å². The van der Waals surface area contributed by atoms with E-state index in [0.29, 0.717) is 26.3 Å². The minimum Gasteiger partial charge on any atom is -0.493 e. The first-order valence-corrected chi connectivity index (χ1v) is 10.1. The minimum absolute atomic E-state index is 0.126. The molecule has 0 fully saturated rings. The molecule has 0 radical (unpaired) electrons. The molecule has 156 valence electrons. The summed E-state index contributed by atoms with van der Waals surface area (Å²) in [6.45, 7) is 2.27. The van der Waals surface area contributed by atoms with Gasteiger partial charge in [0.15, 0.2) is 0 Å². The van der Waals surface area contributed by atoms with Gasteiger partial charge in [-0.15, -0.1) is 0 Å². The van der Waals surface area contributed by atoms with Crippen LogP contribution in [0.1, 0.15) is 23.1 Å². The van der Waals surface area contributed by atoms with Crippen molar-refractivity contribution >= 4 is 5.97 Å². The van der Waals surface area contributed by atoms with Crippen LogP contribution >= 0.6 is 0 Å². The van der Waals surface area contributed by atoms with E-state index in [1.165, 1.54) is 5.56 Å². The fourth-order valence-corrected chi connectivity index (χ4v) is 2.91. The third kappa shape index (κ3) is 7.60. The molecule has 0 amide bonds. The average molecular weight is 405 g/mol. The van der Waals surface area contributed by atoms with Crippen LogP contribution in [0.5, 0.6) is 11.5 Å². The maximum absolute atomic E-state index is 10.5. The van der Waals surface area contributed by atoms with E-state index in [4.69, 9.17) is 14.6 Å². The molecule has 0 atom stereocenters. The number of carbonyl (C=O) groups is 1. The van der Waals surface area contributed by atoms with Gasteiger partial charge < -0.3 is 19.9 Å². The number of hydrogen-bond acceptors (Lipinski definition) is 4. The molecule has 3 rings (SSSR count). The average Bonchev–Trinajstić information content (AvgIpc) is 2.78. The maximum atomic E-state index is 10.5. The van der Waals surface area contributed by atoms with Gasteiger partial charge in [-0.25, -0.2) is 0 Å². The van der Waals surface area contributed by atoms with Crippen molar-refractivity contribution in [2.24, 2.45) is 0 Å².